The molecule has 60 valence electrons. The average Bonchev–Trinajstić information content (AvgIpc) is 1.99. The Balaban J connectivity index is 3.51. The van der Waals surface area contributed by atoms with E-state index < -0.39 is 18.0 Å². The zero-order chi connectivity index (χ0) is 7.98. The molecule has 0 aliphatic heterocycles. The molecule has 0 aliphatic carbocycles. The van der Waals surface area contributed by atoms with E-state index in [9.17, 15) is 8.68 Å². The van der Waals surface area contributed by atoms with E-state index in [1.807, 2.05) is 0 Å². The van der Waals surface area contributed by atoms with Crippen LogP contribution in [0, 0.1) is 0 Å². The van der Waals surface area contributed by atoms with Crippen LogP contribution in [0.5, 0.6) is 0 Å². The second-order valence-corrected chi connectivity index (χ2v) is 2.62. The summed E-state index contributed by atoms with van der Waals surface area (Å²) in [4.78, 5) is 9.93. The van der Waals surface area contributed by atoms with Gasteiger partial charge in [-0.15, -0.1) is 0 Å². The topological polar surface area (TPSA) is 57.5 Å². The van der Waals surface area contributed by atoms with Crippen LogP contribution in [0.25, 0.3) is 0 Å². The first kappa shape index (κ1) is 9.87. The molecule has 0 saturated heterocycles. The molecule has 0 aromatic rings. The minimum Gasteiger partial charge on any atom is -0.394 e. The number of carbonyl (C=O) groups is 1. The molecule has 0 heterocycles. The Labute approximate surface area is 62.5 Å². The lowest BCUT2D eigenvalue weighted by atomic mass is 10.2. The SMILES string of the molecule is O=C[C@H](C[C@H](O)CO)SF. The standard InChI is InChI=1S/C5H9FO3S/c6-10-5(3-8)1-4(9)2-7/h3-5,7,9H,1-2H2/t4-,5-/m0/s1. The van der Waals surface area contributed by atoms with Crippen molar-refractivity contribution in [2.45, 2.75) is 17.8 Å². The second-order valence-electron chi connectivity index (χ2n) is 1.84. The van der Waals surface area contributed by atoms with Crippen molar-refractivity contribution in [1.82, 2.24) is 0 Å². The summed E-state index contributed by atoms with van der Waals surface area (Å²) in [5.41, 5.74) is 0. The van der Waals surface area contributed by atoms with E-state index in [0.29, 0.717) is 6.29 Å². The van der Waals surface area contributed by atoms with E-state index in [0.717, 1.165) is 0 Å². The first-order valence-corrected chi connectivity index (χ1v) is 3.54. The molecule has 0 spiro atoms. The Kier molecular flexibility index (Phi) is 5.57. The zero-order valence-electron chi connectivity index (χ0n) is 5.24. The first-order chi connectivity index (χ1) is 4.74. The van der Waals surface area contributed by atoms with Gasteiger partial charge in [-0.1, -0.05) is 0 Å². The van der Waals surface area contributed by atoms with Gasteiger partial charge >= 0.3 is 0 Å². The highest BCUT2D eigenvalue weighted by molar-refractivity contribution is 7.95. The predicted molar refractivity (Wildman–Crippen MR) is 36.3 cm³/mol. The maximum atomic E-state index is 11.6. The summed E-state index contributed by atoms with van der Waals surface area (Å²) in [6, 6.07) is 0. The van der Waals surface area contributed by atoms with Crippen LogP contribution in [0.1, 0.15) is 6.42 Å². The molecule has 3 nitrogen and oxygen atoms in total. The van der Waals surface area contributed by atoms with Crippen molar-refractivity contribution in [3.8, 4) is 0 Å². The molecule has 0 unspecified atom stereocenters. The number of halogens is 1. The van der Waals surface area contributed by atoms with Crippen molar-refractivity contribution >= 4 is 18.4 Å². The normalized spacial score (nSPS) is 16.3. The molecule has 0 aromatic heterocycles. The van der Waals surface area contributed by atoms with Gasteiger partial charge in [0.2, 0.25) is 0 Å². The molecule has 0 radical (unpaired) electrons. The van der Waals surface area contributed by atoms with Gasteiger partial charge in [0.15, 0.2) is 0 Å². The summed E-state index contributed by atoms with van der Waals surface area (Å²) in [5, 5.41) is 16.1. The van der Waals surface area contributed by atoms with Crippen molar-refractivity contribution in [2.75, 3.05) is 6.61 Å². The molecule has 2 N–H and O–H groups in total. The summed E-state index contributed by atoms with van der Waals surface area (Å²) < 4.78 is 11.6. The van der Waals surface area contributed by atoms with E-state index in [2.05, 4.69) is 0 Å². The van der Waals surface area contributed by atoms with E-state index in [1.165, 1.54) is 0 Å². The molecule has 0 aromatic carbocycles. The highest BCUT2D eigenvalue weighted by Crippen LogP contribution is 2.14. The maximum Gasteiger partial charge on any atom is 0.135 e. The summed E-state index contributed by atoms with van der Waals surface area (Å²) in [6.07, 6.45) is -0.636. The van der Waals surface area contributed by atoms with E-state index >= 15 is 0 Å². The van der Waals surface area contributed by atoms with Crippen LogP contribution in [0.2, 0.25) is 0 Å². The number of rotatable bonds is 5. The van der Waals surface area contributed by atoms with E-state index in [-0.39, 0.29) is 18.6 Å². The average molecular weight is 168 g/mol. The Bertz CT molecular complexity index is 101. The van der Waals surface area contributed by atoms with Gasteiger partial charge in [-0.2, -0.15) is 3.89 Å². The minimum absolute atomic E-state index is 0.0405. The van der Waals surface area contributed by atoms with Crippen LogP contribution in [-0.2, 0) is 4.79 Å². The lowest BCUT2D eigenvalue weighted by Crippen LogP contribution is -2.19. The minimum atomic E-state index is -1.00. The molecular formula is C5H9FO3S. The Morgan fingerprint density at radius 2 is 2.30 bits per heavy atom. The van der Waals surface area contributed by atoms with Crippen molar-refractivity contribution < 1.29 is 18.9 Å². The van der Waals surface area contributed by atoms with Gasteiger partial charge in [0.05, 0.1) is 30.1 Å². The van der Waals surface area contributed by atoms with Crippen LogP contribution in [0.3, 0.4) is 0 Å². The monoisotopic (exact) mass is 168 g/mol. The predicted octanol–water partition coefficient (Wildman–Crippen LogP) is -0.0851. The van der Waals surface area contributed by atoms with Gasteiger partial charge in [0, 0.05) is 0 Å². The van der Waals surface area contributed by atoms with Crippen LogP contribution >= 0.6 is 12.1 Å². The molecule has 0 aliphatic rings. The largest absolute Gasteiger partial charge is 0.394 e. The molecule has 10 heavy (non-hydrogen) atoms. The third-order valence-corrected chi connectivity index (χ3v) is 1.51. The van der Waals surface area contributed by atoms with Crippen LogP contribution in [0.15, 0.2) is 0 Å². The number of hydrogen-bond donors (Lipinski definition) is 2. The van der Waals surface area contributed by atoms with Crippen LogP contribution < -0.4 is 0 Å². The molecule has 0 fully saturated rings. The fourth-order valence-corrected chi connectivity index (χ4v) is 0.793. The van der Waals surface area contributed by atoms with Crippen molar-refractivity contribution in [3.05, 3.63) is 0 Å². The fourth-order valence-electron chi connectivity index (χ4n) is 0.456. The van der Waals surface area contributed by atoms with Gasteiger partial charge in [-0.25, -0.2) is 0 Å². The summed E-state index contributed by atoms with van der Waals surface area (Å²) in [7, 11) is 0. The highest BCUT2D eigenvalue weighted by Gasteiger charge is 2.13. The van der Waals surface area contributed by atoms with E-state index in [4.69, 9.17) is 10.2 Å². The molecule has 0 saturated carbocycles. The zero-order valence-corrected chi connectivity index (χ0v) is 6.05. The van der Waals surface area contributed by atoms with Crippen LogP contribution in [0.4, 0.5) is 3.89 Å². The van der Waals surface area contributed by atoms with Crippen molar-refractivity contribution in [3.63, 3.8) is 0 Å². The quantitative estimate of drug-likeness (QED) is 0.563. The molecule has 5 heteroatoms. The van der Waals surface area contributed by atoms with Crippen LogP contribution in [-0.4, -0.2) is 34.5 Å². The third-order valence-electron chi connectivity index (χ3n) is 0.981. The summed E-state index contributed by atoms with van der Waals surface area (Å²) in [5.74, 6) is 0. The number of aldehydes is 1. The lowest BCUT2D eigenvalue weighted by Gasteiger charge is -2.07. The molecule has 0 bridgehead atoms. The molecule has 2 atom stereocenters. The maximum absolute atomic E-state index is 11.6. The summed E-state index contributed by atoms with van der Waals surface area (Å²) >= 11 is -0.126. The van der Waals surface area contributed by atoms with Gasteiger partial charge in [-0.05, 0) is 6.42 Å². The third kappa shape index (κ3) is 3.81. The molecule has 0 rings (SSSR count). The van der Waals surface area contributed by atoms with Gasteiger partial charge < -0.3 is 15.0 Å². The van der Waals surface area contributed by atoms with Crippen molar-refractivity contribution in [2.24, 2.45) is 0 Å². The fraction of sp³-hybridized carbons (Fsp3) is 0.800. The molecular weight excluding hydrogens is 159 g/mol. The smallest absolute Gasteiger partial charge is 0.135 e. The van der Waals surface area contributed by atoms with Gasteiger partial charge in [0.1, 0.15) is 6.29 Å². The molecule has 0 amide bonds. The number of hydrogen-bond acceptors (Lipinski definition) is 4. The Hall–Kier alpha value is -0.130. The highest BCUT2D eigenvalue weighted by atomic mass is 32.2. The van der Waals surface area contributed by atoms with Crippen molar-refractivity contribution in [1.29, 1.82) is 0 Å². The lowest BCUT2D eigenvalue weighted by molar-refractivity contribution is -0.108. The second kappa shape index (κ2) is 5.64. The number of aliphatic hydroxyl groups is 2. The van der Waals surface area contributed by atoms with Gasteiger partial charge in [0.25, 0.3) is 0 Å². The Morgan fingerprint density at radius 1 is 1.70 bits per heavy atom. The Morgan fingerprint density at radius 3 is 2.60 bits per heavy atom. The number of carbonyl (C=O) groups excluding carboxylic acids is 1. The summed E-state index contributed by atoms with van der Waals surface area (Å²) in [6.45, 7) is -0.440. The first-order valence-electron chi connectivity index (χ1n) is 2.76. The van der Waals surface area contributed by atoms with E-state index in [1.54, 1.807) is 0 Å². The van der Waals surface area contributed by atoms with Gasteiger partial charge in [-0.3, -0.25) is 0 Å². The number of aliphatic hydroxyl groups excluding tert-OH is 2.